The standard InChI is InChI=1S/C22H31N2.C18H33P.C15H10.2ClH.Ru/c1-14-9-15(2)21(16(3)10-14)24-8-7-23(13-24)20-12-18-11-19(17(20)4)22(18,5)6;1-4-10-16(11-5-1)19(17-12-6-2-7-13-17)18-14-8-3-9-15-18;1-2-6-12(7-3-1)15-11-10-13-8-4-5-9-14(13)15;;;/h7-10,13,17-20H,11-12H2,1-6H3;16-18H,1-15H2;1-9,11H;2*1H;/q-1;;;;;+2/p-1/t17-,18+,19-,20?;;;;;/m1...../s1. The normalized spacial score (nSPS) is 26.5. The van der Waals surface area contributed by atoms with Gasteiger partial charge in [-0.1, -0.05) is 57.7 Å². The van der Waals surface area contributed by atoms with Crippen molar-refractivity contribution in [2.45, 2.75) is 174 Å². The van der Waals surface area contributed by atoms with Crippen LogP contribution in [0.4, 0.5) is 5.69 Å². The summed E-state index contributed by atoms with van der Waals surface area (Å²) >= 11 is -1.88. The molecule has 332 valence electrons. The van der Waals surface area contributed by atoms with Gasteiger partial charge < -0.3 is 9.80 Å². The van der Waals surface area contributed by atoms with Crippen molar-refractivity contribution in [3.8, 4) is 0 Å². The van der Waals surface area contributed by atoms with Crippen LogP contribution in [0, 0.1) is 50.6 Å². The first-order valence-electron chi connectivity index (χ1n) is 24.3. The first kappa shape index (κ1) is 45.8. The molecule has 11 rings (SSSR count). The van der Waals surface area contributed by atoms with Gasteiger partial charge in [-0.05, 0) is 157 Å². The molecular weight excluding hydrogens is 892 g/mol. The van der Waals surface area contributed by atoms with E-state index >= 15 is 0 Å². The molecule has 7 aliphatic carbocycles. The van der Waals surface area contributed by atoms with Crippen molar-refractivity contribution < 1.29 is 13.5 Å². The predicted molar refractivity (Wildman–Crippen MR) is 266 cm³/mol. The fraction of sp³-hybridized carbons (Fsp3) is 0.564. The molecule has 6 fully saturated rings. The summed E-state index contributed by atoms with van der Waals surface area (Å²) in [6, 6.07) is 23.9. The second-order valence-corrected chi connectivity index (χ2v) is 29.8. The van der Waals surface area contributed by atoms with Gasteiger partial charge in [0.1, 0.15) is 0 Å². The molecule has 3 aromatic rings. The van der Waals surface area contributed by atoms with E-state index in [0.29, 0.717) is 11.5 Å². The molecule has 4 atom stereocenters. The molecule has 0 saturated heterocycles. The molecule has 3 aromatic carbocycles. The van der Waals surface area contributed by atoms with E-state index in [1.807, 2.05) is 24.3 Å². The van der Waals surface area contributed by atoms with Gasteiger partial charge in [-0.2, -0.15) is 6.67 Å². The third-order valence-corrected chi connectivity index (χ3v) is 24.1. The van der Waals surface area contributed by atoms with Crippen LogP contribution < -0.4 is 4.90 Å². The first-order valence-corrected chi connectivity index (χ1v) is 31.4. The Morgan fingerprint density at radius 2 is 1.20 bits per heavy atom. The zero-order valence-corrected chi connectivity index (χ0v) is 42.5. The number of fused-ring (bicyclic) bond motifs is 3. The third kappa shape index (κ3) is 10.2. The molecule has 1 heterocycles. The quantitative estimate of drug-likeness (QED) is 0.138. The molecule has 1 aliphatic heterocycles. The van der Waals surface area contributed by atoms with Gasteiger partial charge in [-0.25, -0.2) is 0 Å². The van der Waals surface area contributed by atoms with Crippen LogP contribution in [0.5, 0.6) is 0 Å². The fourth-order valence-corrected chi connectivity index (χ4v) is 21.0. The molecular formula is C55H75Cl2N2PRu. The molecule has 0 spiro atoms. The second-order valence-electron chi connectivity index (χ2n) is 20.5. The van der Waals surface area contributed by atoms with Gasteiger partial charge in [-0.15, -0.1) is 0 Å². The van der Waals surface area contributed by atoms with E-state index in [4.69, 9.17) is 19.4 Å². The van der Waals surface area contributed by atoms with Crippen LogP contribution in [-0.2, 0) is 13.5 Å². The summed E-state index contributed by atoms with van der Waals surface area (Å²) in [5.74, 6) is 2.56. The average Bonchev–Trinajstić information content (AvgIpc) is 3.91. The molecule has 0 radical (unpaired) electrons. The number of aryl methyl sites for hydroxylation is 3. The van der Waals surface area contributed by atoms with Gasteiger partial charge in [0.15, 0.2) is 0 Å². The Balaban J connectivity index is 0.000000128. The van der Waals surface area contributed by atoms with E-state index in [-0.39, 0.29) is 7.92 Å². The molecule has 8 aliphatic rings. The van der Waals surface area contributed by atoms with Crippen LogP contribution in [0.3, 0.4) is 0 Å². The van der Waals surface area contributed by atoms with Gasteiger partial charge in [0.05, 0.1) is 17.0 Å². The van der Waals surface area contributed by atoms with E-state index in [9.17, 15) is 0 Å². The van der Waals surface area contributed by atoms with E-state index in [2.05, 4.69) is 119 Å². The van der Waals surface area contributed by atoms with Crippen molar-refractivity contribution in [2.75, 3.05) is 4.90 Å². The monoisotopic (exact) mass is 966 g/mol. The number of hydrogen-bond donors (Lipinski definition) is 0. The van der Waals surface area contributed by atoms with E-state index in [1.165, 1.54) is 74.5 Å². The molecule has 0 amide bonds. The molecule has 0 aromatic heterocycles. The van der Waals surface area contributed by atoms with Gasteiger partial charge >= 0.3 is 120 Å². The van der Waals surface area contributed by atoms with Gasteiger partial charge in [-0.3, -0.25) is 0 Å². The Labute approximate surface area is 385 Å². The Kier molecular flexibility index (Phi) is 15.5. The zero-order valence-electron chi connectivity index (χ0n) is 38.2. The number of allylic oxidation sites excluding steroid dienone is 1. The minimum atomic E-state index is -1.88. The van der Waals surface area contributed by atoms with Crippen LogP contribution in [0.15, 0.2) is 85.2 Å². The summed E-state index contributed by atoms with van der Waals surface area (Å²) in [5.41, 5.74) is 14.5. The van der Waals surface area contributed by atoms with Crippen LogP contribution in [0.2, 0.25) is 0 Å². The summed E-state index contributed by atoms with van der Waals surface area (Å²) < 4.78 is 1.12. The molecule has 6 heteroatoms. The Morgan fingerprint density at radius 1 is 0.672 bits per heavy atom. The molecule has 6 saturated carbocycles. The van der Waals surface area contributed by atoms with Crippen molar-refractivity contribution in [2.24, 2.45) is 23.2 Å². The van der Waals surface area contributed by atoms with E-state index < -0.39 is 13.5 Å². The maximum atomic E-state index is 6.19. The Morgan fingerprint density at radius 3 is 1.70 bits per heavy atom. The molecule has 2 bridgehead atoms. The summed E-state index contributed by atoms with van der Waals surface area (Å²) in [6.45, 7) is 16.4. The second kappa shape index (κ2) is 20.6. The third-order valence-electron chi connectivity index (χ3n) is 16.4. The number of anilines is 1. The summed E-state index contributed by atoms with van der Waals surface area (Å²) in [7, 11) is 12.3. The van der Waals surface area contributed by atoms with Gasteiger partial charge in [0.2, 0.25) is 0 Å². The van der Waals surface area contributed by atoms with Crippen molar-refractivity contribution in [1.29, 1.82) is 0 Å². The van der Waals surface area contributed by atoms with Crippen molar-refractivity contribution in [3.63, 3.8) is 0 Å². The first-order chi connectivity index (χ1) is 29.5. The van der Waals surface area contributed by atoms with E-state index in [1.54, 1.807) is 96.3 Å². The Bertz CT molecular complexity index is 1970. The molecule has 2 nitrogen and oxygen atoms in total. The zero-order chi connectivity index (χ0) is 42.7. The summed E-state index contributed by atoms with van der Waals surface area (Å²) in [4.78, 5) is 4.81. The number of benzene rings is 3. The van der Waals surface area contributed by atoms with Gasteiger partial charge in [0.25, 0.3) is 0 Å². The summed E-state index contributed by atoms with van der Waals surface area (Å²) in [5, 5.41) is 0. The van der Waals surface area contributed by atoms with E-state index in [0.717, 1.165) is 21.9 Å². The minimum absolute atomic E-state index is 0.0465. The van der Waals surface area contributed by atoms with Crippen molar-refractivity contribution in [1.82, 2.24) is 4.90 Å². The Hall–Kier alpha value is -1.76. The van der Waals surface area contributed by atoms with Crippen LogP contribution >= 0.6 is 27.3 Å². The van der Waals surface area contributed by atoms with Crippen molar-refractivity contribution in [3.05, 3.63) is 125 Å². The number of halogens is 2. The van der Waals surface area contributed by atoms with Gasteiger partial charge in [0, 0.05) is 19.7 Å². The predicted octanol–water partition coefficient (Wildman–Crippen LogP) is 16.2. The van der Waals surface area contributed by atoms with Crippen molar-refractivity contribution >= 4 is 42.7 Å². The van der Waals surface area contributed by atoms with Crippen LogP contribution in [0.1, 0.15) is 163 Å². The molecule has 1 unspecified atom stereocenters. The average molecular weight is 967 g/mol. The SMILES string of the molecule is C1CCC([PH+](C2CCCCC2)C2CCCCC2)CC1.Cc1cc(C)c(N2C=CN(C3C[C@@H]4C[C@H]([C@H]3C)C4(C)C)[CH-]2)c(C)c1.[Cl][Ru]([Cl])=[C]1C=C(c2ccccc2)c2ccccc21. The number of hydrogen-bond acceptors (Lipinski definition) is 2. The maximum absolute atomic E-state index is 6.19. The number of nitrogens with zero attached hydrogens (tertiary/aromatic N) is 2. The topological polar surface area (TPSA) is 6.48 Å². The molecule has 0 N–H and O–H groups in total. The number of rotatable bonds is 6. The summed E-state index contributed by atoms with van der Waals surface area (Å²) in [6.07, 6.45) is 33.3. The fourth-order valence-electron chi connectivity index (χ4n) is 13.3. The van der Waals surface area contributed by atoms with Crippen LogP contribution in [0.25, 0.3) is 5.57 Å². The van der Waals surface area contributed by atoms with Crippen LogP contribution in [-0.4, -0.2) is 32.0 Å². The molecule has 61 heavy (non-hydrogen) atoms.